The molecule has 2 fully saturated rings. The molecule has 4 rings (SSSR count). The molecule has 2 unspecified atom stereocenters. The molecule has 0 radical (unpaired) electrons. The Morgan fingerprint density at radius 2 is 1.45 bits per heavy atom. The molecule has 2 amide bonds. The van der Waals surface area contributed by atoms with Gasteiger partial charge < -0.3 is 9.80 Å². The standard InChI is InChI=1S/C23H27N3O4S/c1-24(2)31(29,30)19-10-8-18(9-11-19)22(27)25-12-14-26(15-13-25)23(28)21-16-20(21)17-6-4-3-5-7-17/h3-11,20-21H,12-16H2,1-2H3. The molecule has 0 spiro atoms. The summed E-state index contributed by atoms with van der Waals surface area (Å²) < 4.78 is 25.5. The van der Waals surface area contributed by atoms with Gasteiger partial charge in [-0.25, -0.2) is 12.7 Å². The Kier molecular flexibility index (Phi) is 5.85. The summed E-state index contributed by atoms with van der Waals surface area (Å²) in [5, 5.41) is 0. The summed E-state index contributed by atoms with van der Waals surface area (Å²) in [6, 6.07) is 16.1. The molecule has 2 aromatic rings. The van der Waals surface area contributed by atoms with Crippen molar-refractivity contribution >= 4 is 21.8 Å². The molecule has 1 saturated heterocycles. The van der Waals surface area contributed by atoms with Gasteiger partial charge in [0.2, 0.25) is 15.9 Å². The third-order valence-corrected chi connectivity index (χ3v) is 7.92. The summed E-state index contributed by atoms with van der Waals surface area (Å²) in [6.45, 7) is 2.00. The van der Waals surface area contributed by atoms with Gasteiger partial charge >= 0.3 is 0 Å². The third kappa shape index (κ3) is 4.36. The topological polar surface area (TPSA) is 78.0 Å². The van der Waals surface area contributed by atoms with E-state index in [1.807, 2.05) is 23.1 Å². The molecule has 1 heterocycles. The van der Waals surface area contributed by atoms with Crippen LogP contribution in [0, 0.1) is 5.92 Å². The maximum Gasteiger partial charge on any atom is 0.253 e. The highest BCUT2D eigenvalue weighted by atomic mass is 32.2. The molecular formula is C23H27N3O4S. The Balaban J connectivity index is 1.33. The van der Waals surface area contributed by atoms with Crippen LogP contribution in [0.3, 0.4) is 0 Å². The largest absolute Gasteiger partial charge is 0.339 e. The lowest BCUT2D eigenvalue weighted by molar-refractivity contribution is -0.134. The van der Waals surface area contributed by atoms with E-state index in [1.165, 1.54) is 31.8 Å². The molecule has 2 aliphatic rings. The summed E-state index contributed by atoms with van der Waals surface area (Å²) in [4.78, 5) is 29.4. The van der Waals surface area contributed by atoms with E-state index < -0.39 is 10.0 Å². The van der Waals surface area contributed by atoms with Crippen LogP contribution in [0.2, 0.25) is 0 Å². The number of rotatable bonds is 5. The van der Waals surface area contributed by atoms with Crippen molar-refractivity contribution in [3.8, 4) is 0 Å². The van der Waals surface area contributed by atoms with Crippen molar-refractivity contribution in [3.05, 3.63) is 65.7 Å². The number of carbonyl (C=O) groups is 2. The number of hydrogen-bond acceptors (Lipinski definition) is 4. The van der Waals surface area contributed by atoms with Crippen molar-refractivity contribution in [2.75, 3.05) is 40.3 Å². The van der Waals surface area contributed by atoms with Crippen LogP contribution in [0.1, 0.15) is 28.3 Å². The number of sulfonamides is 1. The zero-order chi connectivity index (χ0) is 22.2. The molecule has 1 aliphatic heterocycles. The van der Waals surface area contributed by atoms with E-state index in [-0.39, 0.29) is 22.6 Å². The van der Waals surface area contributed by atoms with E-state index in [0.717, 1.165) is 10.7 Å². The second-order valence-corrected chi connectivity index (χ2v) is 10.4. The van der Waals surface area contributed by atoms with Crippen molar-refractivity contribution in [3.63, 3.8) is 0 Å². The van der Waals surface area contributed by atoms with Crippen LogP contribution in [0.15, 0.2) is 59.5 Å². The van der Waals surface area contributed by atoms with Gasteiger partial charge in [-0.1, -0.05) is 30.3 Å². The number of piperazine rings is 1. The van der Waals surface area contributed by atoms with Crippen LogP contribution in [-0.4, -0.2) is 74.6 Å². The summed E-state index contributed by atoms with van der Waals surface area (Å²) in [7, 11) is -0.582. The fraction of sp³-hybridized carbons (Fsp3) is 0.391. The highest BCUT2D eigenvalue weighted by Gasteiger charge is 2.46. The van der Waals surface area contributed by atoms with E-state index in [1.54, 1.807) is 17.0 Å². The quantitative estimate of drug-likeness (QED) is 0.711. The first kappa shape index (κ1) is 21.5. The van der Waals surface area contributed by atoms with Gasteiger partial charge in [0.15, 0.2) is 0 Å². The molecule has 2 aromatic carbocycles. The molecule has 0 bridgehead atoms. The van der Waals surface area contributed by atoms with Gasteiger partial charge in [-0.3, -0.25) is 9.59 Å². The maximum absolute atomic E-state index is 12.8. The second kappa shape index (κ2) is 8.43. The first-order valence-electron chi connectivity index (χ1n) is 10.4. The van der Waals surface area contributed by atoms with Crippen LogP contribution >= 0.6 is 0 Å². The average Bonchev–Trinajstić information content (AvgIpc) is 3.60. The second-order valence-electron chi connectivity index (χ2n) is 8.29. The Bertz CT molecular complexity index is 1060. The van der Waals surface area contributed by atoms with Gasteiger partial charge in [0.1, 0.15) is 0 Å². The van der Waals surface area contributed by atoms with Crippen molar-refractivity contribution in [2.24, 2.45) is 5.92 Å². The highest BCUT2D eigenvalue weighted by molar-refractivity contribution is 7.89. The summed E-state index contributed by atoms with van der Waals surface area (Å²) >= 11 is 0. The third-order valence-electron chi connectivity index (χ3n) is 6.09. The van der Waals surface area contributed by atoms with E-state index in [0.29, 0.717) is 37.7 Å². The van der Waals surface area contributed by atoms with E-state index in [4.69, 9.17) is 0 Å². The zero-order valence-corrected chi connectivity index (χ0v) is 18.6. The number of benzene rings is 2. The molecule has 31 heavy (non-hydrogen) atoms. The lowest BCUT2D eigenvalue weighted by atomic mass is 10.1. The monoisotopic (exact) mass is 441 g/mol. The first-order chi connectivity index (χ1) is 14.8. The van der Waals surface area contributed by atoms with Gasteiger partial charge in [-0.05, 0) is 42.2 Å². The summed E-state index contributed by atoms with van der Waals surface area (Å²) in [6.07, 6.45) is 0.893. The molecule has 0 aromatic heterocycles. The highest BCUT2D eigenvalue weighted by Crippen LogP contribution is 2.48. The average molecular weight is 442 g/mol. The minimum absolute atomic E-state index is 0.0517. The molecule has 2 atom stereocenters. The minimum Gasteiger partial charge on any atom is -0.339 e. The number of nitrogens with zero attached hydrogens (tertiary/aromatic N) is 3. The molecular weight excluding hydrogens is 414 g/mol. The van der Waals surface area contributed by atoms with Crippen LogP contribution in [-0.2, 0) is 14.8 Å². The van der Waals surface area contributed by atoms with Crippen LogP contribution in [0.25, 0.3) is 0 Å². The van der Waals surface area contributed by atoms with Crippen molar-refractivity contribution in [2.45, 2.75) is 17.2 Å². The van der Waals surface area contributed by atoms with Gasteiger partial charge in [0.25, 0.3) is 5.91 Å². The van der Waals surface area contributed by atoms with Crippen LogP contribution in [0.4, 0.5) is 0 Å². The molecule has 164 valence electrons. The van der Waals surface area contributed by atoms with Gasteiger partial charge in [0, 0.05) is 51.8 Å². The number of amides is 2. The number of carbonyl (C=O) groups excluding carboxylic acids is 2. The SMILES string of the molecule is CN(C)S(=O)(=O)c1ccc(C(=O)N2CCN(C(=O)C3CC3c3ccccc3)CC2)cc1. The fourth-order valence-corrected chi connectivity index (χ4v) is 4.97. The van der Waals surface area contributed by atoms with Crippen molar-refractivity contribution in [1.82, 2.24) is 14.1 Å². The lowest BCUT2D eigenvalue weighted by Crippen LogP contribution is -2.51. The van der Waals surface area contributed by atoms with Crippen LogP contribution in [0.5, 0.6) is 0 Å². The smallest absolute Gasteiger partial charge is 0.253 e. The Morgan fingerprint density at radius 3 is 2.03 bits per heavy atom. The van der Waals surface area contributed by atoms with Crippen LogP contribution < -0.4 is 0 Å². The van der Waals surface area contributed by atoms with Gasteiger partial charge in [0.05, 0.1) is 4.90 Å². The van der Waals surface area contributed by atoms with E-state index in [9.17, 15) is 18.0 Å². The van der Waals surface area contributed by atoms with Gasteiger partial charge in [-0.15, -0.1) is 0 Å². The zero-order valence-electron chi connectivity index (χ0n) is 17.8. The van der Waals surface area contributed by atoms with Crippen molar-refractivity contribution in [1.29, 1.82) is 0 Å². The predicted molar refractivity (Wildman–Crippen MR) is 117 cm³/mol. The predicted octanol–water partition coefficient (Wildman–Crippen LogP) is 2.02. The Hall–Kier alpha value is -2.71. The Morgan fingerprint density at radius 1 is 0.871 bits per heavy atom. The lowest BCUT2D eigenvalue weighted by Gasteiger charge is -2.35. The molecule has 1 saturated carbocycles. The normalized spacial score (nSPS) is 21.3. The van der Waals surface area contributed by atoms with E-state index in [2.05, 4.69) is 12.1 Å². The Labute approximate surface area is 183 Å². The molecule has 8 heteroatoms. The molecule has 7 nitrogen and oxygen atoms in total. The van der Waals surface area contributed by atoms with Gasteiger partial charge in [-0.2, -0.15) is 0 Å². The van der Waals surface area contributed by atoms with Crippen molar-refractivity contribution < 1.29 is 18.0 Å². The first-order valence-corrected chi connectivity index (χ1v) is 11.9. The molecule has 1 aliphatic carbocycles. The molecule has 0 N–H and O–H groups in total. The minimum atomic E-state index is -3.52. The summed E-state index contributed by atoms with van der Waals surface area (Å²) in [5.74, 6) is 0.398. The maximum atomic E-state index is 12.8. The fourth-order valence-electron chi connectivity index (χ4n) is 4.06. The summed E-state index contributed by atoms with van der Waals surface area (Å²) in [5.41, 5.74) is 1.67. The number of hydrogen-bond donors (Lipinski definition) is 0. The van der Waals surface area contributed by atoms with E-state index >= 15 is 0 Å².